The summed E-state index contributed by atoms with van der Waals surface area (Å²) in [6, 6.07) is 11.8. The Morgan fingerprint density at radius 1 is 0.591 bits per heavy atom. The van der Waals surface area contributed by atoms with Crippen molar-refractivity contribution in [3.8, 4) is 11.5 Å². The average molecular weight is 1750 g/mol. The molecule has 6 aliphatic carbocycles. The molecule has 8 fully saturated rings. The van der Waals surface area contributed by atoms with E-state index in [0.29, 0.717) is 56.5 Å². The van der Waals surface area contributed by atoms with Crippen molar-refractivity contribution >= 4 is 142 Å². The molecule has 0 aromatic heterocycles. The molecule has 12 aliphatic rings. The lowest BCUT2D eigenvalue weighted by molar-refractivity contribution is -0.217. The fourth-order valence-corrected chi connectivity index (χ4v) is 17.7. The number of aliphatic hydroxyl groups excluding tert-OH is 2. The summed E-state index contributed by atoms with van der Waals surface area (Å²) >= 11 is 40.0. The van der Waals surface area contributed by atoms with E-state index >= 15 is 0 Å². The van der Waals surface area contributed by atoms with E-state index in [1.54, 1.807) is 14.2 Å². The summed E-state index contributed by atoms with van der Waals surface area (Å²) in [4.78, 5) is 65.0. The van der Waals surface area contributed by atoms with Gasteiger partial charge >= 0.3 is 37.0 Å². The van der Waals surface area contributed by atoms with Gasteiger partial charge < -0.3 is 79.2 Å². The minimum atomic E-state index is -2.24. The number of methoxy groups -OCH3 is 2. The predicted octanol–water partition coefficient (Wildman–Crippen LogP) is 15.0. The Morgan fingerprint density at radius 3 is 1.29 bits per heavy atom. The fourth-order valence-electron chi connectivity index (χ4n) is 17.2. The first-order chi connectivity index (χ1) is 51.7. The minimum absolute atomic E-state index is 0. The second-order valence-corrected chi connectivity index (χ2v) is 32.8. The number of amides is 1. The van der Waals surface area contributed by atoms with E-state index in [1.165, 1.54) is 56.6 Å². The summed E-state index contributed by atoms with van der Waals surface area (Å²) in [6.07, 6.45) is 17.5. The highest BCUT2D eigenvalue weighted by atomic mass is 35.6. The number of hydrogen-bond acceptors (Lipinski definition) is 22. The van der Waals surface area contributed by atoms with E-state index in [9.17, 15) is 39.3 Å². The van der Waals surface area contributed by atoms with Gasteiger partial charge in [0.2, 0.25) is 0 Å². The Hall–Kier alpha value is -4.53. The van der Waals surface area contributed by atoms with Gasteiger partial charge in [-0.15, -0.1) is 0 Å². The van der Waals surface area contributed by atoms with Gasteiger partial charge in [0.1, 0.15) is 28.8 Å². The molecule has 2 aromatic carbocycles. The van der Waals surface area contributed by atoms with Gasteiger partial charge in [-0.05, 0) is 207 Å². The zero-order valence-corrected chi connectivity index (χ0v) is 67.0. The molecule has 23 nitrogen and oxygen atoms in total. The van der Waals surface area contributed by atoms with Crippen molar-refractivity contribution in [2.24, 2.45) is 40.2 Å². The third-order valence-electron chi connectivity index (χ3n) is 21.8. The maximum absolute atomic E-state index is 12.9. The van der Waals surface area contributed by atoms with E-state index < -0.39 is 82.7 Å². The Kier molecular flexibility index (Phi) is 39.9. The summed E-state index contributed by atoms with van der Waals surface area (Å²) in [5.74, 6) is 3.44. The van der Waals surface area contributed by atoms with Crippen LogP contribution in [0.5, 0.6) is 11.5 Å². The third-order valence-corrected chi connectivity index (χ3v) is 22.5. The molecule has 110 heavy (non-hydrogen) atoms. The Morgan fingerprint density at radius 2 is 0.964 bits per heavy atom. The number of nitrogens with two attached hydrogens (primary N) is 1. The molecule has 6 heterocycles. The van der Waals surface area contributed by atoms with Crippen molar-refractivity contribution in [3.05, 3.63) is 71.8 Å². The van der Waals surface area contributed by atoms with Crippen LogP contribution < -0.4 is 30.3 Å². The number of fused-ring (bicyclic) bond motifs is 2. The molecule has 2 aromatic rings. The van der Waals surface area contributed by atoms with Crippen LogP contribution in [0.1, 0.15) is 109 Å². The number of nitrogens with zero attached hydrogens (tertiary/aromatic N) is 4. The Labute approximate surface area is 672 Å². The average Bonchev–Trinajstić information content (AvgIpc) is 1.42. The molecule has 625 valence electrons. The summed E-state index contributed by atoms with van der Waals surface area (Å²) in [6.45, 7) is 10.9. The Bertz CT molecular complexity index is 3300. The van der Waals surface area contributed by atoms with Gasteiger partial charge in [-0.2, -0.15) is 0 Å². The molecule has 2 saturated heterocycles. The molecule has 7 N–H and O–H groups in total. The van der Waals surface area contributed by atoms with Crippen LogP contribution in [0.25, 0.3) is 0 Å². The zero-order valence-electron chi connectivity index (χ0n) is 60.9. The number of hydrogen-bond donors (Lipinski definition) is 6. The summed E-state index contributed by atoms with van der Waals surface area (Å²) in [5, 5.41) is 47.6. The summed E-state index contributed by atoms with van der Waals surface area (Å²) < 4.78 is 115. The second-order valence-electron chi connectivity index (χ2n) is 27.8. The summed E-state index contributed by atoms with van der Waals surface area (Å²) in [5.41, 5.74) is 4.45. The van der Waals surface area contributed by atoms with Gasteiger partial charge in [-0.3, -0.25) is 14.6 Å². The quantitative estimate of drug-likeness (QED) is 0.0184. The van der Waals surface area contributed by atoms with Crippen LogP contribution in [-0.2, 0) is 44.0 Å². The van der Waals surface area contributed by atoms with Gasteiger partial charge in [0.15, 0.2) is 0 Å². The van der Waals surface area contributed by atoms with Crippen LogP contribution in [0.4, 0.5) is 76.3 Å². The highest BCUT2D eigenvalue weighted by Gasteiger charge is 2.79. The van der Waals surface area contributed by atoms with Crippen LogP contribution >= 0.6 is 92.8 Å². The number of ether oxygens (including phenoxy) is 8. The van der Waals surface area contributed by atoms with E-state index in [-0.39, 0.29) is 45.0 Å². The number of alkyl halides is 6. The number of nitrogens with one attached hydrogen (secondary N) is 1. The largest absolute Gasteiger partial charge is 0.515 e. The van der Waals surface area contributed by atoms with E-state index in [0.717, 1.165) is 81.2 Å². The van der Waals surface area contributed by atoms with E-state index in [4.69, 9.17) is 168 Å². The van der Waals surface area contributed by atoms with Crippen LogP contribution in [0, 0.1) is 34.5 Å². The molecule has 2 spiro atoms. The molecular formula is C68H92BCl8F10N6O17. The first kappa shape index (κ1) is 99.7. The fraction of sp³-hybridized carbons (Fsp3) is 0.691. The molecule has 6 saturated carbocycles. The maximum atomic E-state index is 12.9. The van der Waals surface area contributed by atoms with Crippen molar-refractivity contribution in [2.75, 3.05) is 104 Å². The number of likely N-dealkylation sites (N-methyl/N-ethyl adjacent to an activating group) is 2. The van der Waals surface area contributed by atoms with Gasteiger partial charge in [-0.1, -0.05) is 50.3 Å². The molecule has 42 heteroatoms. The molecule has 1 amide bonds. The molecular weight excluding hydrogens is 1660 g/mol. The van der Waals surface area contributed by atoms with Crippen molar-refractivity contribution in [3.63, 3.8) is 0 Å². The topological polar surface area (TPSA) is 291 Å². The Balaban J connectivity index is 0.000000378. The molecule has 3 radical (unpaired) electrons. The highest BCUT2D eigenvalue weighted by molar-refractivity contribution is 6.67. The van der Waals surface area contributed by atoms with Crippen LogP contribution in [0.3, 0.4) is 0 Å². The van der Waals surface area contributed by atoms with Crippen LogP contribution in [0.2, 0.25) is 0 Å². The summed E-state index contributed by atoms with van der Waals surface area (Å²) in [7, 11) is 7.33. The number of benzene rings is 2. The standard InChI is InChI=1S/C29H39N3O6.C22H31N3O3.2C5H7ClO2.C4H8O.C3Cl6O3.B.5F2/c1-5-27-11-6-13-32-14-12-28(23(27)32)21-10-9-20(36-4)15-22(21)31(3)24(28)29(35,25(27)38-18(2)33)17-30-26(34)37-16-19-7-8-19;1-4-20-8-5-10-25-11-9-21(17(20)25)15-7-6-14(28-3)12-16(15)24(2)18(21)22(27,13-23)19(20)26;2*6-5(7)8-3-4-1-2-4;5-3-4-1-2-4;4-2(5,6)11-1(10)12-3(7,8)9;;5*1-2/h6,9-11,15,19,23-25,35H,5,7-8,12-14,16-17H2,1-4H3,(H,30,34);5-8,12,17-19,26-27H,4,9-11,13,23H2,1-3H3;2*4H,1-3H2;4-5H,1-3H2;;;;;;;/t23-,24+,25+,27+,28+,29-;17-,18+,19+,20+,21+,22-;;;;;;;;;;/m00........../s1. The number of aliphatic hydroxyl groups is 4. The lowest BCUT2D eigenvalue weighted by Crippen LogP contribution is -2.81. The molecule has 12 atom stereocenters. The number of alkyl carbamates (subject to hydrolysis) is 1. The highest BCUT2D eigenvalue weighted by Crippen LogP contribution is 2.69. The molecule has 6 aliphatic heterocycles. The number of esters is 1. The number of halogens is 18. The van der Waals surface area contributed by atoms with Crippen molar-refractivity contribution < 1.29 is 128 Å². The smallest absolute Gasteiger partial charge is 0.497 e. The van der Waals surface area contributed by atoms with Crippen molar-refractivity contribution in [1.82, 2.24) is 15.1 Å². The molecule has 0 bridgehead atoms. The number of carbonyl (C=O) groups is 5. The SMILES string of the molecule is CC[C@]12C=CCN3CC[C@@]4(c5ccc(OC)cc5N(C)[C@H]4[C@@](O)(CN)[C@@H]1O)[C@@H]32.CC[C@]12C=CCN3CC[C@@]4(c5ccc(OC)cc5N(C)[C@H]4[C@@](O)(CNC(=O)OCC4CC4)[C@@H]1OC(C)=O)[C@@H]32.FF.FF.FF.FF.FF.O=C(Cl)OCC1CC1.O=C(Cl)OCC1CC1.O=C(OC(Cl)(Cl)Cl)OC(Cl)(Cl)Cl.OCC1CC1.[B]. The maximum Gasteiger partial charge on any atom is 0.515 e. The van der Waals surface area contributed by atoms with Crippen molar-refractivity contribution in [1.29, 1.82) is 0 Å². The third kappa shape index (κ3) is 23.0. The monoisotopic (exact) mass is 1750 g/mol. The van der Waals surface area contributed by atoms with E-state index in [2.05, 4.69) is 100 Å². The van der Waals surface area contributed by atoms with Gasteiger partial charge in [0.25, 0.3) is 0 Å². The number of anilines is 2. The van der Waals surface area contributed by atoms with Gasteiger partial charge in [-0.25, -0.2) is 19.2 Å². The molecule has 0 unspecified atom stereocenters. The lowest BCUT2D eigenvalue weighted by atomic mass is 9.47. The lowest BCUT2D eigenvalue weighted by Gasteiger charge is -2.64. The first-order valence-corrected chi connectivity index (χ1v) is 37.3. The number of carbonyl (C=O) groups excluding carboxylic acids is 5. The first-order valence-electron chi connectivity index (χ1n) is 34.3. The van der Waals surface area contributed by atoms with Crippen LogP contribution in [-0.4, -0.2) is 217 Å². The second kappa shape index (κ2) is 44.0. The zero-order chi connectivity index (χ0) is 82.4. The predicted molar refractivity (Wildman–Crippen MR) is 395 cm³/mol. The van der Waals surface area contributed by atoms with Gasteiger partial charge in [0.05, 0.1) is 58.8 Å². The van der Waals surface area contributed by atoms with E-state index in [1.807, 2.05) is 32.3 Å². The van der Waals surface area contributed by atoms with Crippen molar-refractivity contribution in [2.45, 2.75) is 164 Å². The minimum Gasteiger partial charge on any atom is -0.497 e. The normalized spacial score (nSPS) is 29.1. The van der Waals surface area contributed by atoms with Crippen LogP contribution in [0.15, 0.2) is 60.7 Å². The van der Waals surface area contributed by atoms with Gasteiger partial charge in [0, 0.05) is 182 Å². The molecule has 14 rings (SSSR count). The number of rotatable bonds is 15.